The largest absolute Gasteiger partial charge is 0.328 e. The van der Waals surface area contributed by atoms with E-state index >= 15 is 0 Å². The Morgan fingerprint density at radius 3 is 2.50 bits per heavy atom. The van der Waals surface area contributed by atoms with E-state index in [9.17, 15) is 4.79 Å². The van der Waals surface area contributed by atoms with E-state index in [-0.39, 0.29) is 6.04 Å². The molecule has 0 radical (unpaired) electrons. The average molecular weight is 288 g/mol. The molecule has 0 bridgehead atoms. The van der Waals surface area contributed by atoms with E-state index in [0.29, 0.717) is 6.54 Å². The molecule has 1 aliphatic heterocycles. The maximum Gasteiger partial charge on any atom is 0.210 e. The fraction of sp³-hybridized carbons (Fsp3) is 0.105. The summed E-state index contributed by atoms with van der Waals surface area (Å²) in [6.45, 7) is 0.612. The van der Waals surface area contributed by atoms with Crippen molar-refractivity contribution in [1.82, 2.24) is 9.47 Å². The zero-order valence-corrected chi connectivity index (χ0v) is 12.1. The number of para-hydroxylation sites is 1. The molecule has 1 amide bonds. The van der Waals surface area contributed by atoms with Crippen molar-refractivity contribution in [2.75, 3.05) is 0 Å². The number of carbonyl (C=O) groups is 1. The maximum absolute atomic E-state index is 11.8. The van der Waals surface area contributed by atoms with Crippen LogP contribution in [0.25, 0.3) is 5.69 Å². The van der Waals surface area contributed by atoms with E-state index in [1.807, 2.05) is 41.3 Å². The molecular formula is C19H16N2O. The van der Waals surface area contributed by atoms with Crippen molar-refractivity contribution < 1.29 is 4.79 Å². The van der Waals surface area contributed by atoms with E-state index in [1.165, 1.54) is 0 Å². The van der Waals surface area contributed by atoms with Gasteiger partial charge < -0.3 is 9.47 Å². The predicted octanol–water partition coefficient (Wildman–Crippen LogP) is 3.54. The lowest BCUT2D eigenvalue weighted by atomic mass is 10.0. The van der Waals surface area contributed by atoms with Crippen molar-refractivity contribution in [2.45, 2.75) is 12.6 Å². The lowest BCUT2D eigenvalue weighted by Gasteiger charge is -2.27. The molecule has 108 valence electrons. The molecule has 1 aliphatic rings. The Kier molecular flexibility index (Phi) is 3.04. The van der Waals surface area contributed by atoms with Crippen molar-refractivity contribution in [3.63, 3.8) is 0 Å². The second-order valence-corrected chi connectivity index (χ2v) is 5.52. The van der Waals surface area contributed by atoms with Gasteiger partial charge in [0.25, 0.3) is 0 Å². The van der Waals surface area contributed by atoms with Crippen LogP contribution < -0.4 is 0 Å². The quantitative estimate of drug-likeness (QED) is 0.662. The normalized spacial score (nSPS) is 16.5. The van der Waals surface area contributed by atoms with Crippen LogP contribution in [0.3, 0.4) is 0 Å². The van der Waals surface area contributed by atoms with Crippen molar-refractivity contribution in [3.8, 4) is 5.69 Å². The van der Waals surface area contributed by atoms with Crippen LogP contribution in [0.4, 0.5) is 0 Å². The molecule has 1 atom stereocenters. The number of hydrogen-bond acceptors (Lipinski definition) is 1. The monoisotopic (exact) mass is 288 g/mol. The Morgan fingerprint density at radius 2 is 1.68 bits per heavy atom. The summed E-state index contributed by atoms with van der Waals surface area (Å²) < 4.78 is 2.19. The van der Waals surface area contributed by atoms with Gasteiger partial charge in [0.05, 0.1) is 11.7 Å². The highest BCUT2D eigenvalue weighted by atomic mass is 16.1. The Bertz CT molecular complexity index is 807. The molecule has 2 heterocycles. The first kappa shape index (κ1) is 12.9. The summed E-state index contributed by atoms with van der Waals surface area (Å²) in [6.07, 6.45) is 3.02. The topological polar surface area (TPSA) is 25.2 Å². The fourth-order valence-electron chi connectivity index (χ4n) is 3.27. The highest BCUT2D eigenvalue weighted by Gasteiger charge is 2.28. The standard InChI is InChI=1S/C19H16N2O/c22-14-20-13-16-9-4-5-10-17(16)21-12-6-11-18(21)19(20)15-7-2-1-3-8-15/h1-12,14,19H,13H2/t19-/m1/s1. The third-order valence-corrected chi connectivity index (χ3v) is 4.25. The maximum atomic E-state index is 11.8. The summed E-state index contributed by atoms with van der Waals surface area (Å²) in [7, 11) is 0. The molecule has 0 unspecified atom stereocenters. The number of fused-ring (bicyclic) bond motifs is 3. The van der Waals surface area contributed by atoms with Crippen LogP contribution in [0.15, 0.2) is 72.9 Å². The summed E-state index contributed by atoms with van der Waals surface area (Å²) in [5.41, 5.74) is 4.55. The van der Waals surface area contributed by atoms with Crippen molar-refractivity contribution >= 4 is 6.41 Å². The Balaban J connectivity index is 1.96. The first-order valence-corrected chi connectivity index (χ1v) is 7.40. The second-order valence-electron chi connectivity index (χ2n) is 5.52. The summed E-state index contributed by atoms with van der Waals surface area (Å²) in [4.78, 5) is 13.6. The molecule has 0 N–H and O–H groups in total. The molecule has 0 fully saturated rings. The minimum Gasteiger partial charge on any atom is -0.328 e. The van der Waals surface area contributed by atoms with Crippen LogP contribution in [0.1, 0.15) is 22.9 Å². The van der Waals surface area contributed by atoms with Gasteiger partial charge in [0, 0.05) is 18.4 Å². The molecule has 3 nitrogen and oxygen atoms in total. The Labute approximate surface area is 129 Å². The van der Waals surface area contributed by atoms with Gasteiger partial charge in [0.1, 0.15) is 0 Å². The SMILES string of the molecule is O=CN1Cc2ccccc2-n2cccc2[C@H]1c1ccccc1. The molecule has 0 saturated carbocycles. The molecule has 2 aromatic carbocycles. The third-order valence-electron chi connectivity index (χ3n) is 4.25. The van der Waals surface area contributed by atoms with E-state index in [0.717, 1.165) is 28.9 Å². The number of rotatable bonds is 2. The van der Waals surface area contributed by atoms with Gasteiger partial charge in [-0.1, -0.05) is 48.5 Å². The van der Waals surface area contributed by atoms with E-state index in [2.05, 4.69) is 41.1 Å². The van der Waals surface area contributed by atoms with Crippen molar-refractivity contribution in [1.29, 1.82) is 0 Å². The molecule has 22 heavy (non-hydrogen) atoms. The smallest absolute Gasteiger partial charge is 0.210 e. The highest BCUT2D eigenvalue weighted by Crippen LogP contribution is 2.35. The molecule has 3 aromatic rings. The van der Waals surface area contributed by atoms with Crippen molar-refractivity contribution in [3.05, 3.63) is 89.7 Å². The van der Waals surface area contributed by atoms with Gasteiger partial charge in [-0.05, 0) is 29.3 Å². The second kappa shape index (κ2) is 5.19. The third kappa shape index (κ3) is 1.94. The zero-order valence-electron chi connectivity index (χ0n) is 12.1. The first-order valence-electron chi connectivity index (χ1n) is 7.40. The molecule has 1 aromatic heterocycles. The van der Waals surface area contributed by atoms with Gasteiger partial charge in [-0.2, -0.15) is 0 Å². The van der Waals surface area contributed by atoms with Gasteiger partial charge in [-0.3, -0.25) is 4.79 Å². The number of aromatic nitrogens is 1. The minimum absolute atomic E-state index is 0.0684. The first-order chi connectivity index (χ1) is 10.9. The van der Waals surface area contributed by atoms with Gasteiger partial charge in [0.2, 0.25) is 6.41 Å². The number of carbonyl (C=O) groups excluding carboxylic acids is 1. The summed E-state index contributed by atoms with van der Waals surface area (Å²) in [6, 6.07) is 22.5. The number of benzene rings is 2. The van der Waals surface area contributed by atoms with Crippen LogP contribution in [-0.4, -0.2) is 15.9 Å². The molecule has 0 spiro atoms. The van der Waals surface area contributed by atoms with Crippen LogP contribution >= 0.6 is 0 Å². The predicted molar refractivity (Wildman–Crippen MR) is 85.7 cm³/mol. The number of amides is 1. The number of nitrogens with zero attached hydrogens (tertiary/aromatic N) is 2. The molecule has 4 rings (SSSR count). The molecule has 0 aliphatic carbocycles. The zero-order chi connectivity index (χ0) is 14.9. The summed E-state index contributed by atoms with van der Waals surface area (Å²) >= 11 is 0. The van der Waals surface area contributed by atoms with Gasteiger partial charge in [-0.25, -0.2) is 0 Å². The van der Waals surface area contributed by atoms with Crippen LogP contribution in [0, 0.1) is 0 Å². The summed E-state index contributed by atoms with van der Waals surface area (Å²) in [5, 5.41) is 0. The van der Waals surface area contributed by atoms with Crippen LogP contribution in [-0.2, 0) is 11.3 Å². The number of hydrogen-bond donors (Lipinski definition) is 0. The van der Waals surface area contributed by atoms with Gasteiger partial charge in [-0.15, -0.1) is 0 Å². The van der Waals surface area contributed by atoms with E-state index in [4.69, 9.17) is 0 Å². The Morgan fingerprint density at radius 1 is 0.909 bits per heavy atom. The van der Waals surface area contributed by atoms with Crippen LogP contribution in [0.2, 0.25) is 0 Å². The molecule has 0 saturated heterocycles. The molecule has 3 heteroatoms. The van der Waals surface area contributed by atoms with Gasteiger partial charge >= 0.3 is 0 Å². The molecular weight excluding hydrogens is 272 g/mol. The highest BCUT2D eigenvalue weighted by molar-refractivity contribution is 5.55. The lowest BCUT2D eigenvalue weighted by molar-refractivity contribution is -0.120. The summed E-state index contributed by atoms with van der Waals surface area (Å²) in [5.74, 6) is 0. The Hall–Kier alpha value is -2.81. The lowest BCUT2D eigenvalue weighted by Crippen LogP contribution is -2.27. The fourth-order valence-corrected chi connectivity index (χ4v) is 3.27. The van der Waals surface area contributed by atoms with E-state index < -0.39 is 0 Å². The minimum atomic E-state index is -0.0684. The van der Waals surface area contributed by atoms with Gasteiger partial charge in [0.15, 0.2) is 0 Å². The average Bonchev–Trinajstić information content (AvgIpc) is 3.00. The van der Waals surface area contributed by atoms with E-state index in [1.54, 1.807) is 0 Å². The van der Waals surface area contributed by atoms with Crippen LogP contribution in [0.5, 0.6) is 0 Å². The van der Waals surface area contributed by atoms with Crippen molar-refractivity contribution in [2.24, 2.45) is 0 Å².